The zero-order chi connectivity index (χ0) is 18.1. The van der Waals surface area contributed by atoms with Crippen molar-refractivity contribution in [2.75, 3.05) is 17.9 Å². The second-order valence-electron chi connectivity index (χ2n) is 7.66. The number of nitrogens with zero attached hydrogens (tertiary/aromatic N) is 2. The van der Waals surface area contributed by atoms with Gasteiger partial charge in [-0.3, -0.25) is 9.14 Å². The number of para-hydroxylation sites is 1. The van der Waals surface area contributed by atoms with E-state index in [9.17, 15) is 8.42 Å². The Labute approximate surface area is 154 Å². The lowest BCUT2D eigenvalue weighted by Crippen LogP contribution is -2.44. The molecule has 26 heavy (non-hydrogen) atoms. The number of hydroxylamine groups is 2. The van der Waals surface area contributed by atoms with Crippen LogP contribution in [0.15, 0.2) is 53.4 Å². The Morgan fingerprint density at radius 2 is 1.77 bits per heavy atom. The van der Waals surface area contributed by atoms with Crippen LogP contribution in [-0.2, 0) is 14.9 Å². The molecule has 2 atom stereocenters. The SMILES string of the molecule is Cc1ccc(S(=O)(=O)N2C[C@@H]3[C@H](c4ccccc42)N(C)OC32CC2)cc1. The highest BCUT2D eigenvalue weighted by Gasteiger charge is 2.63. The van der Waals surface area contributed by atoms with Gasteiger partial charge in [-0.05, 0) is 43.5 Å². The fourth-order valence-corrected chi connectivity index (χ4v) is 6.04. The minimum absolute atomic E-state index is 0.109. The summed E-state index contributed by atoms with van der Waals surface area (Å²) in [6.45, 7) is 2.42. The van der Waals surface area contributed by atoms with Crippen LogP contribution in [0.5, 0.6) is 0 Å². The van der Waals surface area contributed by atoms with E-state index in [4.69, 9.17) is 4.84 Å². The van der Waals surface area contributed by atoms with Crippen molar-refractivity contribution < 1.29 is 13.3 Å². The molecule has 1 aliphatic carbocycles. The smallest absolute Gasteiger partial charge is 0.264 e. The van der Waals surface area contributed by atoms with Crippen LogP contribution in [0.3, 0.4) is 0 Å². The summed E-state index contributed by atoms with van der Waals surface area (Å²) in [4.78, 5) is 6.50. The fraction of sp³-hybridized carbons (Fsp3) is 0.400. The number of benzene rings is 2. The predicted molar refractivity (Wildman–Crippen MR) is 99.2 cm³/mol. The largest absolute Gasteiger partial charge is 0.292 e. The molecule has 5 rings (SSSR count). The Kier molecular flexibility index (Phi) is 3.33. The van der Waals surface area contributed by atoms with Gasteiger partial charge in [0.1, 0.15) is 0 Å². The maximum Gasteiger partial charge on any atom is 0.264 e. The Hall–Kier alpha value is -1.89. The van der Waals surface area contributed by atoms with Gasteiger partial charge in [0.2, 0.25) is 0 Å². The third-order valence-corrected chi connectivity index (χ3v) is 7.81. The summed E-state index contributed by atoms with van der Waals surface area (Å²) in [6, 6.07) is 15.0. The van der Waals surface area contributed by atoms with E-state index >= 15 is 0 Å². The van der Waals surface area contributed by atoms with Crippen LogP contribution in [0.1, 0.15) is 30.0 Å². The molecule has 0 unspecified atom stereocenters. The molecule has 0 N–H and O–H groups in total. The fourth-order valence-electron chi connectivity index (χ4n) is 4.52. The number of rotatable bonds is 2. The van der Waals surface area contributed by atoms with Crippen molar-refractivity contribution in [3.63, 3.8) is 0 Å². The van der Waals surface area contributed by atoms with Crippen LogP contribution >= 0.6 is 0 Å². The van der Waals surface area contributed by atoms with Crippen molar-refractivity contribution in [3.05, 3.63) is 59.7 Å². The van der Waals surface area contributed by atoms with E-state index < -0.39 is 10.0 Å². The van der Waals surface area contributed by atoms with E-state index in [0.717, 1.165) is 29.7 Å². The monoisotopic (exact) mass is 370 g/mol. The molecule has 0 aromatic heterocycles. The standard InChI is InChI=1S/C20H22N2O3S/c1-14-7-9-15(10-8-14)26(23,24)22-13-17-19(16-5-3-4-6-18(16)22)21(2)25-20(17)11-12-20/h3-10,17,19H,11-13H2,1-2H3/t17-,19+/m1/s1. The summed E-state index contributed by atoms with van der Waals surface area (Å²) >= 11 is 0. The second kappa shape index (κ2) is 5.31. The normalized spacial score (nSPS) is 26.6. The number of sulfonamides is 1. The van der Waals surface area contributed by atoms with Gasteiger partial charge in [-0.15, -0.1) is 0 Å². The van der Waals surface area contributed by atoms with Crippen molar-refractivity contribution >= 4 is 15.7 Å². The number of anilines is 1. The van der Waals surface area contributed by atoms with Crippen molar-refractivity contribution in [2.24, 2.45) is 5.92 Å². The highest BCUT2D eigenvalue weighted by molar-refractivity contribution is 7.92. The third-order valence-electron chi connectivity index (χ3n) is 6.01. The average molecular weight is 370 g/mol. The number of fused-ring (bicyclic) bond motifs is 4. The third kappa shape index (κ3) is 2.19. The first-order valence-electron chi connectivity index (χ1n) is 9.03. The number of hydrogen-bond acceptors (Lipinski definition) is 4. The molecule has 0 radical (unpaired) electrons. The van der Waals surface area contributed by atoms with Crippen LogP contribution in [0.25, 0.3) is 0 Å². The van der Waals surface area contributed by atoms with Gasteiger partial charge >= 0.3 is 0 Å². The van der Waals surface area contributed by atoms with Crippen LogP contribution < -0.4 is 4.31 Å². The summed E-state index contributed by atoms with van der Waals surface area (Å²) in [7, 11) is -1.65. The molecule has 2 heterocycles. The summed E-state index contributed by atoms with van der Waals surface area (Å²) in [6.07, 6.45) is 2.00. The Morgan fingerprint density at radius 1 is 1.08 bits per heavy atom. The Balaban J connectivity index is 1.64. The first kappa shape index (κ1) is 16.3. The van der Waals surface area contributed by atoms with Gasteiger partial charge < -0.3 is 0 Å². The molecule has 2 aromatic rings. The van der Waals surface area contributed by atoms with Gasteiger partial charge in [-0.2, -0.15) is 5.06 Å². The zero-order valence-electron chi connectivity index (χ0n) is 14.9. The molecule has 1 saturated carbocycles. The summed E-state index contributed by atoms with van der Waals surface area (Å²) in [5.41, 5.74) is 2.66. The molecule has 2 fully saturated rings. The first-order chi connectivity index (χ1) is 12.4. The van der Waals surface area contributed by atoms with Gasteiger partial charge in [0, 0.05) is 19.5 Å². The molecule has 0 amide bonds. The number of aryl methyl sites for hydroxylation is 1. The molecule has 3 aliphatic rings. The minimum Gasteiger partial charge on any atom is -0.292 e. The van der Waals surface area contributed by atoms with Crippen LogP contribution in [0.4, 0.5) is 5.69 Å². The lowest BCUT2D eigenvalue weighted by molar-refractivity contribution is -0.155. The predicted octanol–water partition coefficient (Wildman–Crippen LogP) is 3.27. The van der Waals surface area contributed by atoms with Crippen molar-refractivity contribution in [3.8, 4) is 0 Å². The zero-order valence-corrected chi connectivity index (χ0v) is 15.7. The van der Waals surface area contributed by atoms with Gasteiger partial charge in [0.05, 0.1) is 22.2 Å². The minimum atomic E-state index is -3.61. The quantitative estimate of drug-likeness (QED) is 0.814. The molecule has 136 valence electrons. The maximum absolute atomic E-state index is 13.4. The molecule has 1 saturated heterocycles. The van der Waals surface area contributed by atoms with Gasteiger partial charge in [0.15, 0.2) is 0 Å². The summed E-state index contributed by atoms with van der Waals surface area (Å²) in [5.74, 6) is 0.155. The molecule has 0 bridgehead atoms. The molecule has 5 nitrogen and oxygen atoms in total. The van der Waals surface area contributed by atoms with Gasteiger partial charge in [0.25, 0.3) is 10.0 Å². The maximum atomic E-state index is 13.4. The van der Waals surface area contributed by atoms with Crippen molar-refractivity contribution in [1.29, 1.82) is 0 Å². The molecule has 2 aromatic carbocycles. The average Bonchev–Trinajstić information content (AvgIpc) is 3.34. The van der Waals surface area contributed by atoms with E-state index in [1.165, 1.54) is 0 Å². The molecular weight excluding hydrogens is 348 g/mol. The van der Waals surface area contributed by atoms with E-state index in [-0.39, 0.29) is 17.6 Å². The number of hydrogen-bond donors (Lipinski definition) is 0. The second-order valence-corrected chi connectivity index (χ2v) is 9.52. The Bertz CT molecular complexity index is 967. The Morgan fingerprint density at radius 3 is 2.46 bits per heavy atom. The molecule has 6 heteroatoms. The van der Waals surface area contributed by atoms with Gasteiger partial charge in [-0.1, -0.05) is 35.9 Å². The summed E-state index contributed by atoms with van der Waals surface area (Å²) in [5, 5.41) is 1.94. The topological polar surface area (TPSA) is 49.9 Å². The van der Waals surface area contributed by atoms with Gasteiger partial charge in [-0.25, -0.2) is 8.42 Å². The van der Waals surface area contributed by atoms with E-state index in [1.807, 2.05) is 55.4 Å². The van der Waals surface area contributed by atoms with Crippen LogP contribution in [-0.4, -0.2) is 32.7 Å². The highest BCUT2D eigenvalue weighted by atomic mass is 32.2. The van der Waals surface area contributed by atoms with Crippen molar-refractivity contribution in [1.82, 2.24) is 5.06 Å². The summed E-state index contributed by atoms with van der Waals surface area (Å²) < 4.78 is 28.5. The van der Waals surface area contributed by atoms with E-state index in [1.54, 1.807) is 16.4 Å². The first-order valence-corrected chi connectivity index (χ1v) is 10.5. The lowest BCUT2D eigenvalue weighted by atomic mass is 9.84. The molecule has 2 aliphatic heterocycles. The highest BCUT2D eigenvalue weighted by Crippen LogP contribution is 2.60. The van der Waals surface area contributed by atoms with E-state index in [2.05, 4.69) is 0 Å². The molecule has 1 spiro atoms. The van der Waals surface area contributed by atoms with Crippen molar-refractivity contribution in [2.45, 2.75) is 36.3 Å². The molecular formula is C20H22N2O3S. The van der Waals surface area contributed by atoms with Crippen LogP contribution in [0, 0.1) is 12.8 Å². The lowest BCUT2D eigenvalue weighted by Gasteiger charge is -2.38. The van der Waals surface area contributed by atoms with Crippen LogP contribution in [0.2, 0.25) is 0 Å². The van der Waals surface area contributed by atoms with E-state index in [0.29, 0.717) is 11.4 Å².